The van der Waals surface area contributed by atoms with Crippen molar-refractivity contribution in [3.8, 4) is 45.2 Å². The molecule has 0 aliphatic heterocycles. The second-order valence-electron chi connectivity index (χ2n) is 9.90. The third-order valence-electron chi connectivity index (χ3n) is 7.59. The summed E-state index contributed by atoms with van der Waals surface area (Å²) in [7, 11) is 0. The minimum Gasteiger partial charge on any atom is -0.445 e. The number of oxazole rings is 2. The van der Waals surface area contributed by atoms with Gasteiger partial charge in [0.25, 0.3) is 0 Å². The van der Waals surface area contributed by atoms with Crippen LogP contribution in [0.3, 0.4) is 0 Å². The molecule has 0 fully saturated rings. The zero-order chi connectivity index (χ0) is 26.5. The third kappa shape index (κ3) is 3.69. The lowest BCUT2D eigenvalue weighted by atomic mass is 9.90. The zero-order valence-electron chi connectivity index (χ0n) is 21.4. The highest BCUT2D eigenvalue weighted by Crippen LogP contribution is 2.39. The Kier molecular flexibility index (Phi) is 5.10. The molecular formula is C36H22N2O2. The van der Waals surface area contributed by atoms with Gasteiger partial charge >= 0.3 is 0 Å². The van der Waals surface area contributed by atoms with Crippen molar-refractivity contribution >= 4 is 32.3 Å². The summed E-state index contributed by atoms with van der Waals surface area (Å²) in [6.07, 6.45) is 6.56. The molecule has 0 atom stereocenters. The average Bonchev–Trinajstić information content (AvgIpc) is 3.77. The quantitative estimate of drug-likeness (QED) is 0.219. The molecule has 4 heteroatoms. The second kappa shape index (κ2) is 9.07. The van der Waals surface area contributed by atoms with Crippen LogP contribution in [0.5, 0.6) is 0 Å². The van der Waals surface area contributed by atoms with E-state index in [1.54, 1.807) is 24.9 Å². The molecule has 8 aromatic rings. The fraction of sp³-hybridized carbons (Fsp3) is 0. The summed E-state index contributed by atoms with van der Waals surface area (Å²) in [5, 5.41) is 7.42. The maximum atomic E-state index is 5.53. The standard InChI is InChI=1S/C36H22N2O2/c1-2-10-30-29(9-1)33-21-25(23-5-3-7-27(19-23)35-37-15-17-39-35)11-13-31(33)32-14-12-26(22-34(30)32)24-6-4-8-28(20-24)36-38-16-18-40-36/h1-22H. The molecule has 0 bridgehead atoms. The van der Waals surface area contributed by atoms with Crippen LogP contribution in [-0.2, 0) is 0 Å². The number of nitrogens with zero attached hydrogens (tertiary/aromatic N) is 2. The van der Waals surface area contributed by atoms with Crippen molar-refractivity contribution in [3.63, 3.8) is 0 Å². The summed E-state index contributed by atoms with van der Waals surface area (Å²) in [5.41, 5.74) is 6.50. The van der Waals surface area contributed by atoms with E-state index in [-0.39, 0.29) is 0 Å². The van der Waals surface area contributed by atoms with E-state index < -0.39 is 0 Å². The lowest BCUT2D eigenvalue weighted by Gasteiger charge is -2.14. The SMILES string of the molecule is c1cc(-c2ccc3c4ccc(-c5cccc(-c6ncco6)c5)cc4c4ccccc4c3c2)cc(-c2ncco2)c1. The van der Waals surface area contributed by atoms with Gasteiger partial charge in [0.15, 0.2) is 0 Å². The first-order valence-corrected chi connectivity index (χ1v) is 13.2. The molecule has 0 spiro atoms. The fourth-order valence-electron chi connectivity index (χ4n) is 5.71. The van der Waals surface area contributed by atoms with Crippen LogP contribution in [0.2, 0.25) is 0 Å². The van der Waals surface area contributed by atoms with Gasteiger partial charge in [-0.25, -0.2) is 9.97 Å². The maximum Gasteiger partial charge on any atom is 0.225 e. The lowest BCUT2D eigenvalue weighted by molar-refractivity contribution is 0.574. The molecule has 0 aliphatic carbocycles. The molecule has 0 aliphatic rings. The number of benzene rings is 6. The van der Waals surface area contributed by atoms with Gasteiger partial charge in [0, 0.05) is 11.1 Å². The van der Waals surface area contributed by atoms with E-state index in [1.807, 2.05) is 12.1 Å². The molecule has 0 unspecified atom stereocenters. The van der Waals surface area contributed by atoms with Crippen molar-refractivity contribution in [2.75, 3.05) is 0 Å². The molecule has 6 aromatic carbocycles. The molecule has 8 rings (SSSR count). The first-order chi connectivity index (χ1) is 19.8. The highest BCUT2D eigenvalue weighted by Gasteiger charge is 2.13. The van der Waals surface area contributed by atoms with Gasteiger partial charge < -0.3 is 8.83 Å². The molecule has 2 aromatic heterocycles. The lowest BCUT2D eigenvalue weighted by Crippen LogP contribution is -1.87. The maximum absolute atomic E-state index is 5.53. The summed E-state index contributed by atoms with van der Waals surface area (Å²) in [5.74, 6) is 1.25. The number of rotatable bonds is 4. The Morgan fingerprint density at radius 1 is 0.350 bits per heavy atom. The smallest absolute Gasteiger partial charge is 0.225 e. The first-order valence-electron chi connectivity index (χ1n) is 13.2. The number of aromatic nitrogens is 2. The van der Waals surface area contributed by atoms with E-state index >= 15 is 0 Å². The van der Waals surface area contributed by atoms with Crippen LogP contribution in [0.1, 0.15) is 0 Å². The Balaban J connectivity index is 1.30. The van der Waals surface area contributed by atoms with E-state index in [4.69, 9.17) is 8.83 Å². The van der Waals surface area contributed by atoms with Crippen molar-refractivity contribution in [1.29, 1.82) is 0 Å². The fourth-order valence-corrected chi connectivity index (χ4v) is 5.71. The largest absolute Gasteiger partial charge is 0.445 e. The van der Waals surface area contributed by atoms with Crippen LogP contribution < -0.4 is 0 Å². The summed E-state index contributed by atoms with van der Waals surface area (Å²) in [6, 6.07) is 38.9. The molecule has 0 saturated carbocycles. The number of hydrogen-bond acceptors (Lipinski definition) is 4. The van der Waals surface area contributed by atoms with Crippen molar-refractivity contribution < 1.29 is 8.83 Å². The Labute approximate surface area is 230 Å². The van der Waals surface area contributed by atoms with E-state index in [0.29, 0.717) is 11.8 Å². The van der Waals surface area contributed by atoms with Gasteiger partial charge in [-0.2, -0.15) is 0 Å². The predicted octanol–water partition coefficient (Wildman–Crippen LogP) is 9.79. The van der Waals surface area contributed by atoms with Crippen LogP contribution in [0.25, 0.3) is 77.5 Å². The van der Waals surface area contributed by atoms with E-state index in [2.05, 4.69) is 107 Å². The number of hydrogen-bond donors (Lipinski definition) is 0. The van der Waals surface area contributed by atoms with Crippen molar-refractivity contribution in [2.24, 2.45) is 0 Å². The molecule has 188 valence electrons. The van der Waals surface area contributed by atoms with Gasteiger partial charge in [0.05, 0.1) is 12.4 Å². The van der Waals surface area contributed by atoms with E-state index in [0.717, 1.165) is 33.4 Å². The average molecular weight is 515 g/mol. The minimum absolute atomic E-state index is 0.626. The topological polar surface area (TPSA) is 52.1 Å². The van der Waals surface area contributed by atoms with Gasteiger partial charge in [0.2, 0.25) is 11.8 Å². The summed E-state index contributed by atoms with van der Waals surface area (Å²) in [4.78, 5) is 8.64. The highest BCUT2D eigenvalue weighted by atomic mass is 16.3. The monoisotopic (exact) mass is 514 g/mol. The summed E-state index contributed by atoms with van der Waals surface area (Å²) >= 11 is 0. The second-order valence-corrected chi connectivity index (χ2v) is 9.90. The van der Waals surface area contributed by atoms with Crippen LogP contribution >= 0.6 is 0 Å². The Hall–Kier alpha value is -5.48. The molecule has 0 saturated heterocycles. The van der Waals surface area contributed by atoms with Crippen molar-refractivity contribution in [1.82, 2.24) is 9.97 Å². The van der Waals surface area contributed by atoms with Crippen molar-refractivity contribution in [2.45, 2.75) is 0 Å². The molecule has 4 nitrogen and oxygen atoms in total. The van der Waals surface area contributed by atoms with Gasteiger partial charge in [-0.05, 0) is 91.0 Å². The minimum atomic E-state index is 0.626. The molecular weight excluding hydrogens is 492 g/mol. The Morgan fingerprint density at radius 2 is 0.775 bits per heavy atom. The van der Waals surface area contributed by atoms with E-state index in [9.17, 15) is 0 Å². The predicted molar refractivity (Wildman–Crippen MR) is 161 cm³/mol. The number of fused-ring (bicyclic) bond motifs is 6. The van der Waals surface area contributed by atoms with Gasteiger partial charge in [-0.15, -0.1) is 0 Å². The van der Waals surface area contributed by atoms with Gasteiger partial charge in [-0.1, -0.05) is 72.8 Å². The highest BCUT2D eigenvalue weighted by molar-refractivity contribution is 6.26. The van der Waals surface area contributed by atoms with Gasteiger partial charge in [0.1, 0.15) is 12.5 Å². The molecule has 0 amide bonds. The molecule has 0 radical (unpaired) electrons. The molecule has 0 N–H and O–H groups in total. The van der Waals surface area contributed by atoms with Crippen LogP contribution in [0, 0.1) is 0 Å². The van der Waals surface area contributed by atoms with E-state index in [1.165, 1.54) is 32.3 Å². The van der Waals surface area contributed by atoms with Crippen LogP contribution in [-0.4, -0.2) is 9.97 Å². The normalized spacial score (nSPS) is 11.5. The molecule has 40 heavy (non-hydrogen) atoms. The third-order valence-corrected chi connectivity index (χ3v) is 7.59. The Morgan fingerprint density at radius 3 is 1.23 bits per heavy atom. The molecule has 2 heterocycles. The van der Waals surface area contributed by atoms with Crippen LogP contribution in [0.4, 0.5) is 0 Å². The van der Waals surface area contributed by atoms with Crippen LogP contribution in [0.15, 0.2) is 143 Å². The first kappa shape index (κ1) is 22.5. The Bertz CT molecular complexity index is 1980. The summed E-state index contributed by atoms with van der Waals surface area (Å²) < 4.78 is 11.1. The van der Waals surface area contributed by atoms with Crippen molar-refractivity contribution in [3.05, 3.63) is 134 Å². The van der Waals surface area contributed by atoms with Gasteiger partial charge in [-0.3, -0.25) is 0 Å². The summed E-state index contributed by atoms with van der Waals surface area (Å²) in [6.45, 7) is 0. The zero-order valence-corrected chi connectivity index (χ0v) is 21.4.